The molecule has 2 nitrogen and oxygen atoms in total. The van der Waals surface area contributed by atoms with Gasteiger partial charge >= 0.3 is 0 Å². The summed E-state index contributed by atoms with van der Waals surface area (Å²) in [6.45, 7) is 2.24. The highest BCUT2D eigenvalue weighted by molar-refractivity contribution is 5.38. The van der Waals surface area contributed by atoms with Gasteiger partial charge in [0.05, 0.1) is 6.10 Å². The summed E-state index contributed by atoms with van der Waals surface area (Å²) >= 11 is 0. The molecule has 0 aromatic heterocycles. The van der Waals surface area contributed by atoms with Crippen molar-refractivity contribution < 1.29 is 9.84 Å². The second-order valence-corrected chi connectivity index (χ2v) is 5.06. The van der Waals surface area contributed by atoms with Gasteiger partial charge in [0.1, 0.15) is 11.4 Å². The van der Waals surface area contributed by atoms with Gasteiger partial charge in [-0.25, -0.2) is 0 Å². The summed E-state index contributed by atoms with van der Waals surface area (Å²) < 4.78 is 6.04. The van der Waals surface area contributed by atoms with E-state index < -0.39 is 0 Å². The second-order valence-electron chi connectivity index (χ2n) is 5.06. The molecule has 3 rings (SSSR count). The molecule has 1 N–H and O–H groups in total. The van der Waals surface area contributed by atoms with Gasteiger partial charge in [-0.05, 0) is 24.8 Å². The first-order chi connectivity index (χ1) is 7.19. The summed E-state index contributed by atoms with van der Waals surface area (Å²) in [5.41, 5.74) is 0.885. The van der Waals surface area contributed by atoms with Gasteiger partial charge in [-0.2, -0.15) is 0 Å². The number of benzene rings is 1. The zero-order valence-corrected chi connectivity index (χ0v) is 8.94. The molecule has 2 heteroatoms. The Labute approximate surface area is 89.9 Å². The van der Waals surface area contributed by atoms with E-state index in [4.69, 9.17) is 4.74 Å². The van der Waals surface area contributed by atoms with E-state index in [1.165, 1.54) is 0 Å². The Morgan fingerprint density at radius 1 is 1.27 bits per heavy atom. The van der Waals surface area contributed by atoms with E-state index >= 15 is 0 Å². The summed E-state index contributed by atoms with van der Waals surface area (Å²) in [7, 11) is 0. The quantitative estimate of drug-likeness (QED) is 0.704. The molecule has 1 unspecified atom stereocenters. The molecule has 15 heavy (non-hydrogen) atoms. The minimum Gasteiger partial charge on any atom is -0.487 e. The highest BCUT2D eigenvalue weighted by Gasteiger charge is 2.48. The molecule has 1 atom stereocenters. The van der Waals surface area contributed by atoms with Gasteiger partial charge in [0.2, 0.25) is 0 Å². The van der Waals surface area contributed by atoms with Crippen molar-refractivity contribution in [1.29, 1.82) is 0 Å². The monoisotopic (exact) mass is 204 g/mol. The zero-order chi connectivity index (χ0) is 10.5. The van der Waals surface area contributed by atoms with Crippen LogP contribution < -0.4 is 4.74 Å². The van der Waals surface area contributed by atoms with E-state index in [1.54, 1.807) is 0 Å². The predicted octanol–water partition coefficient (Wildman–Crippen LogP) is 2.67. The zero-order valence-electron chi connectivity index (χ0n) is 8.94. The van der Waals surface area contributed by atoms with Gasteiger partial charge in [-0.3, -0.25) is 0 Å². The second kappa shape index (κ2) is 2.99. The molecule has 1 spiro atoms. The first kappa shape index (κ1) is 9.22. The number of hydrogen-bond acceptors (Lipinski definition) is 2. The molecule has 1 aromatic rings. The van der Waals surface area contributed by atoms with E-state index in [1.807, 2.05) is 24.3 Å². The summed E-state index contributed by atoms with van der Waals surface area (Å²) in [4.78, 5) is 0. The molecule has 0 saturated heterocycles. The fraction of sp³-hybridized carbons (Fsp3) is 0.538. The molecule has 80 valence electrons. The number of aliphatic hydroxyl groups is 1. The Morgan fingerprint density at radius 3 is 2.73 bits per heavy atom. The third kappa shape index (κ3) is 1.36. The molecule has 1 fully saturated rings. The van der Waals surface area contributed by atoms with Crippen molar-refractivity contribution in [3.63, 3.8) is 0 Å². The lowest BCUT2D eigenvalue weighted by atomic mass is 9.67. The topological polar surface area (TPSA) is 29.5 Å². The van der Waals surface area contributed by atoms with Crippen LogP contribution in [0, 0.1) is 5.92 Å². The Hall–Kier alpha value is -1.02. The van der Waals surface area contributed by atoms with Crippen molar-refractivity contribution in [1.82, 2.24) is 0 Å². The van der Waals surface area contributed by atoms with Crippen LogP contribution in [0.15, 0.2) is 24.3 Å². The van der Waals surface area contributed by atoms with Crippen LogP contribution in [0.4, 0.5) is 0 Å². The maximum Gasteiger partial charge on any atom is 0.125 e. The number of fused-ring (bicyclic) bond motifs is 1. The van der Waals surface area contributed by atoms with Crippen molar-refractivity contribution in [3.05, 3.63) is 29.8 Å². The smallest absolute Gasteiger partial charge is 0.125 e. The van der Waals surface area contributed by atoms with E-state index in [0.717, 1.165) is 36.5 Å². The number of aliphatic hydroxyl groups excluding tert-OH is 1. The molecule has 0 bridgehead atoms. The van der Waals surface area contributed by atoms with Gasteiger partial charge < -0.3 is 9.84 Å². The lowest BCUT2D eigenvalue weighted by Gasteiger charge is -2.50. The van der Waals surface area contributed by atoms with Gasteiger partial charge in [-0.1, -0.05) is 25.1 Å². The fourth-order valence-electron chi connectivity index (χ4n) is 3.05. The van der Waals surface area contributed by atoms with E-state index in [0.29, 0.717) is 0 Å². The third-order valence-corrected chi connectivity index (χ3v) is 3.61. The lowest BCUT2D eigenvalue weighted by molar-refractivity contribution is -0.0925. The molecule has 2 aliphatic rings. The SMILES string of the molecule is CC1CC2(C1)CC(O)c1ccccc1O2. The van der Waals surface area contributed by atoms with Gasteiger partial charge in [0.25, 0.3) is 0 Å². The predicted molar refractivity (Wildman–Crippen MR) is 57.8 cm³/mol. The van der Waals surface area contributed by atoms with Crippen LogP contribution in [0.25, 0.3) is 0 Å². The van der Waals surface area contributed by atoms with E-state index in [2.05, 4.69) is 6.92 Å². The van der Waals surface area contributed by atoms with E-state index in [9.17, 15) is 5.11 Å². The number of rotatable bonds is 0. The lowest BCUT2D eigenvalue weighted by Crippen LogP contribution is -2.50. The Bertz CT molecular complexity index is 380. The van der Waals surface area contributed by atoms with Crippen molar-refractivity contribution in [3.8, 4) is 5.75 Å². The van der Waals surface area contributed by atoms with Crippen LogP contribution in [0.2, 0.25) is 0 Å². The minimum absolute atomic E-state index is 0.0623. The number of ether oxygens (including phenoxy) is 1. The maximum absolute atomic E-state index is 10.1. The molecular weight excluding hydrogens is 188 g/mol. The van der Waals surface area contributed by atoms with Gasteiger partial charge in [-0.15, -0.1) is 0 Å². The molecule has 1 heterocycles. The van der Waals surface area contributed by atoms with Gasteiger partial charge in [0, 0.05) is 12.0 Å². The number of para-hydroxylation sites is 1. The summed E-state index contributed by atoms with van der Waals surface area (Å²) in [5.74, 6) is 1.62. The molecular formula is C13H16O2. The summed E-state index contributed by atoms with van der Waals surface area (Å²) in [6, 6.07) is 7.83. The highest BCUT2D eigenvalue weighted by atomic mass is 16.5. The Kier molecular flexibility index (Phi) is 1.84. The van der Waals surface area contributed by atoms with Crippen LogP contribution >= 0.6 is 0 Å². The van der Waals surface area contributed by atoms with Crippen LogP contribution in [0.3, 0.4) is 0 Å². The molecule has 1 aliphatic heterocycles. The van der Waals surface area contributed by atoms with Crippen LogP contribution in [-0.2, 0) is 0 Å². The van der Waals surface area contributed by atoms with Crippen LogP contribution in [0.1, 0.15) is 37.9 Å². The van der Waals surface area contributed by atoms with E-state index in [-0.39, 0.29) is 11.7 Å². The highest BCUT2D eigenvalue weighted by Crippen LogP contribution is 2.50. The summed E-state index contributed by atoms with van der Waals surface area (Å²) in [6.07, 6.45) is 2.58. The standard InChI is InChI=1S/C13H16O2/c1-9-6-13(7-9)8-11(14)10-4-2-3-5-12(10)15-13/h2-5,9,11,14H,6-8H2,1H3. The molecule has 0 amide bonds. The first-order valence-electron chi connectivity index (χ1n) is 5.65. The molecule has 1 aliphatic carbocycles. The van der Waals surface area contributed by atoms with Crippen molar-refractivity contribution in [2.45, 2.75) is 37.9 Å². The average Bonchev–Trinajstić information content (AvgIpc) is 2.16. The average molecular weight is 204 g/mol. The fourth-order valence-corrected chi connectivity index (χ4v) is 3.05. The summed E-state index contributed by atoms with van der Waals surface area (Å²) in [5, 5.41) is 10.1. The van der Waals surface area contributed by atoms with Crippen molar-refractivity contribution >= 4 is 0 Å². The largest absolute Gasteiger partial charge is 0.487 e. The Morgan fingerprint density at radius 2 is 2.00 bits per heavy atom. The third-order valence-electron chi connectivity index (χ3n) is 3.61. The van der Waals surface area contributed by atoms with Crippen LogP contribution in [0.5, 0.6) is 5.75 Å². The van der Waals surface area contributed by atoms with Crippen molar-refractivity contribution in [2.75, 3.05) is 0 Å². The first-order valence-corrected chi connectivity index (χ1v) is 5.65. The van der Waals surface area contributed by atoms with Crippen molar-refractivity contribution in [2.24, 2.45) is 5.92 Å². The van der Waals surface area contributed by atoms with Gasteiger partial charge in [0.15, 0.2) is 0 Å². The maximum atomic E-state index is 10.1. The molecule has 1 aromatic carbocycles. The molecule has 0 radical (unpaired) electrons. The number of hydrogen-bond donors (Lipinski definition) is 1. The Balaban J connectivity index is 1.93. The minimum atomic E-state index is -0.345. The molecule has 1 saturated carbocycles. The van der Waals surface area contributed by atoms with Crippen LogP contribution in [-0.4, -0.2) is 10.7 Å². The normalized spacial score (nSPS) is 38.0.